The van der Waals surface area contributed by atoms with Crippen molar-refractivity contribution in [1.29, 1.82) is 0 Å². The minimum Gasteiger partial charge on any atom is -0.398 e. The van der Waals surface area contributed by atoms with Crippen molar-refractivity contribution in [3.63, 3.8) is 0 Å². The maximum atomic E-state index is 13.4. The molecule has 1 rings (SSSR count). The van der Waals surface area contributed by atoms with Crippen molar-refractivity contribution in [2.75, 3.05) is 33.0 Å². The number of likely N-dealkylation sites (N-methyl/N-ethyl adjacent to an activating group) is 1. The van der Waals surface area contributed by atoms with Gasteiger partial charge in [-0.1, -0.05) is 0 Å². The fourth-order valence-electron chi connectivity index (χ4n) is 1.37. The molecule has 0 saturated heterocycles. The van der Waals surface area contributed by atoms with Gasteiger partial charge in [0, 0.05) is 37.5 Å². The van der Waals surface area contributed by atoms with Gasteiger partial charge in [0.1, 0.15) is 5.82 Å². The lowest BCUT2D eigenvalue weighted by atomic mass is 10.1. The molecule has 0 spiro atoms. The average molecular weight is 240 g/mol. The Kier molecular flexibility index (Phi) is 4.45. The van der Waals surface area contributed by atoms with Crippen LogP contribution in [0.15, 0.2) is 12.1 Å². The van der Waals surface area contributed by atoms with Gasteiger partial charge >= 0.3 is 0 Å². The highest BCUT2D eigenvalue weighted by molar-refractivity contribution is 5.95. The number of nitrogens with two attached hydrogens (primary N) is 1. The Bertz CT molecular complexity index is 398. The van der Waals surface area contributed by atoms with Gasteiger partial charge in [-0.15, -0.1) is 0 Å². The van der Waals surface area contributed by atoms with E-state index in [1.165, 1.54) is 17.0 Å². The molecule has 1 aromatic carbocycles. The molecule has 2 N–H and O–H groups in total. The van der Waals surface area contributed by atoms with Gasteiger partial charge in [-0.25, -0.2) is 4.39 Å². The number of ether oxygens (including phenoxy) is 1. The molecule has 0 bridgehead atoms. The van der Waals surface area contributed by atoms with Crippen molar-refractivity contribution < 1.29 is 13.9 Å². The Balaban J connectivity index is 2.89. The lowest BCUT2D eigenvalue weighted by molar-refractivity contribution is 0.0744. The number of hydrogen-bond acceptors (Lipinski definition) is 3. The van der Waals surface area contributed by atoms with Crippen molar-refractivity contribution in [3.8, 4) is 0 Å². The molecular formula is C12H17FN2O2. The molecule has 0 unspecified atom stereocenters. The van der Waals surface area contributed by atoms with Crippen LogP contribution in [0.4, 0.5) is 10.1 Å². The molecule has 1 amide bonds. The summed E-state index contributed by atoms with van der Waals surface area (Å²) in [5.74, 6) is -0.735. The van der Waals surface area contributed by atoms with Gasteiger partial charge in [0.15, 0.2) is 0 Å². The number of benzene rings is 1. The predicted octanol–water partition coefficient (Wildman–Crippen LogP) is 1.43. The van der Waals surface area contributed by atoms with E-state index in [9.17, 15) is 9.18 Å². The van der Waals surface area contributed by atoms with Crippen LogP contribution < -0.4 is 5.73 Å². The van der Waals surface area contributed by atoms with Crippen LogP contribution in [0.1, 0.15) is 15.9 Å². The van der Waals surface area contributed by atoms with E-state index in [0.717, 1.165) is 0 Å². The van der Waals surface area contributed by atoms with E-state index in [1.807, 2.05) is 0 Å². The first-order valence-corrected chi connectivity index (χ1v) is 5.27. The molecule has 0 aliphatic rings. The van der Waals surface area contributed by atoms with Gasteiger partial charge in [-0.3, -0.25) is 4.79 Å². The van der Waals surface area contributed by atoms with Crippen LogP contribution in [0.5, 0.6) is 0 Å². The smallest absolute Gasteiger partial charge is 0.253 e. The average Bonchev–Trinajstić information content (AvgIpc) is 2.31. The molecule has 4 nitrogen and oxygen atoms in total. The molecule has 0 saturated carbocycles. The minimum absolute atomic E-state index is 0.254. The number of halogens is 1. The largest absolute Gasteiger partial charge is 0.398 e. The van der Waals surface area contributed by atoms with Crippen LogP contribution >= 0.6 is 0 Å². The zero-order valence-corrected chi connectivity index (χ0v) is 10.3. The number of methoxy groups -OCH3 is 1. The van der Waals surface area contributed by atoms with Crippen LogP contribution in [0, 0.1) is 12.7 Å². The number of amides is 1. The predicted molar refractivity (Wildman–Crippen MR) is 64.4 cm³/mol. The molecule has 94 valence electrons. The Hall–Kier alpha value is -1.62. The molecule has 0 heterocycles. The SMILES string of the molecule is COCCN(C)C(=O)c1cc(N)c(C)c(F)c1. The van der Waals surface area contributed by atoms with Crippen molar-refractivity contribution in [2.24, 2.45) is 0 Å². The second kappa shape index (κ2) is 5.63. The number of carbonyl (C=O) groups excluding carboxylic acids is 1. The molecule has 0 aliphatic heterocycles. The Morgan fingerprint density at radius 3 is 2.71 bits per heavy atom. The minimum atomic E-state index is -0.464. The number of anilines is 1. The molecule has 0 aliphatic carbocycles. The van der Waals surface area contributed by atoms with E-state index >= 15 is 0 Å². The third-order valence-electron chi connectivity index (χ3n) is 2.61. The zero-order valence-electron chi connectivity index (χ0n) is 10.3. The van der Waals surface area contributed by atoms with Gasteiger partial charge in [0.25, 0.3) is 5.91 Å². The lowest BCUT2D eigenvalue weighted by Crippen LogP contribution is -2.30. The lowest BCUT2D eigenvalue weighted by Gasteiger charge is -2.17. The van der Waals surface area contributed by atoms with Crippen LogP contribution in [0.3, 0.4) is 0 Å². The molecule has 5 heteroatoms. The molecule has 0 fully saturated rings. The maximum Gasteiger partial charge on any atom is 0.253 e. The summed E-state index contributed by atoms with van der Waals surface area (Å²) >= 11 is 0. The van der Waals surface area contributed by atoms with E-state index in [2.05, 4.69) is 0 Å². The van der Waals surface area contributed by atoms with E-state index < -0.39 is 5.82 Å². The van der Waals surface area contributed by atoms with Gasteiger partial charge in [0.2, 0.25) is 0 Å². The van der Waals surface area contributed by atoms with Crippen LogP contribution in [0.25, 0.3) is 0 Å². The standard InChI is InChI=1S/C12H17FN2O2/c1-8-10(13)6-9(7-11(8)14)12(16)15(2)4-5-17-3/h6-7H,4-5,14H2,1-3H3. The fourth-order valence-corrected chi connectivity index (χ4v) is 1.37. The summed E-state index contributed by atoms with van der Waals surface area (Å²) in [6.07, 6.45) is 0. The van der Waals surface area contributed by atoms with Crippen molar-refractivity contribution in [3.05, 3.63) is 29.1 Å². The molecule has 0 aromatic heterocycles. The fraction of sp³-hybridized carbons (Fsp3) is 0.417. The highest BCUT2D eigenvalue weighted by Crippen LogP contribution is 2.18. The second-order valence-electron chi connectivity index (χ2n) is 3.89. The summed E-state index contributed by atoms with van der Waals surface area (Å²) in [5.41, 5.74) is 6.53. The van der Waals surface area contributed by atoms with Gasteiger partial charge < -0.3 is 15.4 Å². The first-order valence-electron chi connectivity index (χ1n) is 5.27. The monoisotopic (exact) mass is 240 g/mol. The maximum absolute atomic E-state index is 13.4. The summed E-state index contributed by atoms with van der Waals surface area (Å²) in [5, 5.41) is 0. The van der Waals surface area contributed by atoms with Gasteiger partial charge in [-0.05, 0) is 19.1 Å². The molecular weight excluding hydrogens is 223 g/mol. The van der Waals surface area contributed by atoms with E-state index in [4.69, 9.17) is 10.5 Å². The third-order valence-corrected chi connectivity index (χ3v) is 2.61. The van der Waals surface area contributed by atoms with E-state index in [0.29, 0.717) is 18.7 Å². The summed E-state index contributed by atoms with van der Waals surface area (Å²) in [4.78, 5) is 13.4. The Labute approximate surface area is 100 Å². The highest BCUT2D eigenvalue weighted by atomic mass is 19.1. The van der Waals surface area contributed by atoms with Crippen LogP contribution in [-0.4, -0.2) is 38.1 Å². The first-order chi connectivity index (χ1) is 7.97. The molecule has 17 heavy (non-hydrogen) atoms. The van der Waals surface area contributed by atoms with Gasteiger partial charge in [-0.2, -0.15) is 0 Å². The van der Waals surface area contributed by atoms with E-state index in [1.54, 1.807) is 21.1 Å². The molecule has 0 radical (unpaired) electrons. The zero-order chi connectivity index (χ0) is 13.0. The molecule has 0 atom stereocenters. The number of nitrogen functional groups attached to an aromatic ring is 1. The quantitative estimate of drug-likeness (QED) is 0.810. The number of hydrogen-bond donors (Lipinski definition) is 1. The topological polar surface area (TPSA) is 55.6 Å². The van der Waals surface area contributed by atoms with Gasteiger partial charge in [0.05, 0.1) is 6.61 Å². The normalized spacial score (nSPS) is 10.4. The summed E-state index contributed by atoms with van der Waals surface area (Å²) in [6, 6.07) is 2.70. The van der Waals surface area contributed by atoms with Crippen molar-refractivity contribution >= 4 is 11.6 Å². The third kappa shape index (κ3) is 3.17. The molecule has 1 aromatic rings. The number of rotatable bonds is 4. The van der Waals surface area contributed by atoms with Crippen molar-refractivity contribution in [2.45, 2.75) is 6.92 Å². The summed E-state index contributed by atoms with van der Waals surface area (Å²) in [7, 11) is 3.19. The van der Waals surface area contributed by atoms with Crippen LogP contribution in [-0.2, 0) is 4.74 Å². The Morgan fingerprint density at radius 1 is 1.53 bits per heavy atom. The van der Waals surface area contributed by atoms with Crippen LogP contribution in [0.2, 0.25) is 0 Å². The Morgan fingerprint density at radius 2 is 2.18 bits per heavy atom. The number of carbonyl (C=O) groups is 1. The highest BCUT2D eigenvalue weighted by Gasteiger charge is 2.14. The van der Waals surface area contributed by atoms with Crippen molar-refractivity contribution in [1.82, 2.24) is 4.90 Å². The first kappa shape index (κ1) is 13.4. The summed E-state index contributed by atoms with van der Waals surface area (Å²) in [6.45, 7) is 2.46. The second-order valence-corrected chi connectivity index (χ2v) is 3.89. The number of nitrogens with zero attached hydrogens (tertiary/aromatic N) is 1. The summed E-state index contributed by atoms with van der Waals surface area (Å²) < 4.78 is 18.3. The van der Waals surface area contributed by atoms with E-state index in [-0.39, 0.29) is 17.2 Å².